The van der Waals surface area contributed by atoms with Crippen LogP contribution in [0.5, 0.6) is 0 Å². The van der Waals surface area contributed by atoms with E-state index in [1.165, 1.54) is 89.9 Å². The molecular formula is C31H65NO8P+. The minimum Gasteiger partial charge on any atom is -0.434 e. The Bertz CT molecular complexity index is 644. The van der Waals surface area contributed by atoms with Crippen LogP contribution in [-0.2, 0) is 27.8 Å². The maximum atomic E-state index is 12.2. The van der Waals surface area contributed by atoms with Gasteiger partial charge in [-0.25, -0.2) is 9.36 Å². The van der Waals surface area contributed by atoms with Crippen LogP contribution < -0.4 is 0 Å². The van der Waals surface area contributed by atoms with Crippen molar-refractivity contribution in [3.63, 3.8) is 0 Å². The predicted molar refractivity (Wildman–Crippen MR) is 166 cm³/mol. The first-order chi connectivity index (χ1) is 19.6. The van der Waals surface area contributed by atoms with Crippen LogP contribution in [0.1, 0.15) is 129 Å². The molecule has 0 amide bonds. The summed E-state index contributed by atoms with van der Waals surface area (Å²) in [7, 11) is 1.59. The quantitative estimate of drug-likeness (QED) is 0.0374. The van der Waals surface area contributed by atoms with Gasteiger partial charge in [-0.2, -0.15) is 0 Å². The molecular weight excluding hydrogens is 545 g/mol. The Morgan fingerprint density at radius 2 is 1.15 bits per heavy atom. The van der Waals surface area contributed by atoms with Gasteiger partial charge in [0.25, 0.3) is 0 Å². The second kappa shape index (κ2) is 26.9. The van der Waals surface area contributed by atoms with Crippen molar-refractivity contribution in [2.75, 3.05) is 60.7 Å². The van der Waals surface area contributed by atoms with Crippen LogP contribution in [0.4, 0.5) is 4.79 Å². The molecule has 9 nitrogen and oxygen atoms in total. The second-order valence-corrected chi connectivity index (χ2v) is 13.6. The molecule has 2 unspecified atom stereocenters. The molecule has 0 rings (SSSR count). The fourth-order valence-corrected chi connectivity index (χ4v) is 4.94. The second-order valence-electron chi connectivity index (χ2n) is 12.2. The summed E-state index contributed by atoms with van der Waals surface area (Å²) >= 11 is 0. The Kier molecular flexibility index (Phi) is 26.4. The first-order valence-corrected chi connectivity index (χ1v) is 17.9. The number of carbonyl (C=O) groups excluding carboxylic acids is 1. The zero-order valence-electron chi connectivity index (χ0n) is 27.2. The van der Waals surface area contributed by atoms with Crippen molar-refractivity contribution in [1.82, 2.24) is 0 Å². The van der Waals surface area contributed by atoms with Crippen molar-refractivity contribution in [3.8, 4) is 0 Å². The molecule has 0 bridgehead atoms. The summed E-state index contributed by atoms with van der Waals surface area (Å²) in [6.07, 6.45) is 20.8. The van der Waals surface area contributed by atoms with Gasteiger partial charge in [0.15, 0.2) is 6.10 Å². The van der Waals surface area contributed by atoms with Crippen LogP contribution in [0.15, 0.2) is 0 Å². The molecule has 0 aliphatic rings. The smallest absolute Gasteiger partial charge is 0.434 e. The lowest BCUT2D eigenvalue weighted by Gasteiger charge is -2.24. The van der Waals surface area contributed by atoms with E-state index in [-0.39, 0.29) is 26.4 Å². The van der Waals surface area contributed by atoms with E-state index in [1.54, 1.807) is 0 Å². The molecule has 0 saturated carbocycles. The van der Waals surface area contributed by atoms with Crippen LogP contribution in [0, 0.1) is 0 Å². The summed E-state index contributed by atoms with van der Waals surface area (Å²) in [4.78, 5) is 22.0. The van der Waals surface area contributed by atoms with Gasteiger partial charge in [0, 0.05) is 6.61 Å². The molecule has 0 aromatic rings. The van der Waals surface area contributed by atoms with E-state index >= 15 is 0 Å². The molecule has 10 heteroatoms. The monoisotopic (exact) mass is 610 g/mol. The van der Waals surface area contributed by atoms with Crippen LogP contribution in [-0.4, -0.2) is 82.4 Å². The van der Waals surface area contributed by atoms with Crippen molar-refractivity contribution in [2.45, 2.75) is 136 Å². The molecule has 0 aromatic carbocycles. The summed E-state index contributed by atoms with van der Waals surface area (Å²) in [5, 5.41) is 0. The highest BCUT2D eigenvalue weighted by molar-refractivity contribution is 7.47. The van der Waals surface area contributed by atoms with Gasteiger partial charge >= 0.3 is 14.0 Å². The summed E-state index contributed by atoms with van der Waals surface area (Å²) in [5.74, 6) is 0. The van der Waals surface area contributed by atoms with E-state index < -0.39 is 20.1 Å². The molecule has 246 valence electrons. The third-order valence-corrected chi connectivity index (χ3v) is 7.85. The Hall–Kier alpha value is -0.700. The number of rotatable bonds is 30. The highest BCUT2D eigenvalue weighted by Gasteiger charge is 2.26. The highest BCUT2D eigenvalue weighted by atomic mass is 31.2. The fourth-order valence-electron chi connectivity index (χ4n) is 4.20. The van der Waals surface area contributed by atoms with Crippen molar-refractivity contribution < 1.29 is 42.0 Å². The van der Waals surface area contributed by atoms with Crippen LogP contribution in [0.2, 0.25) is 0 Å². The fraction of sp³-hybridized carbons (Fsp3) is 0.968. The van der Waals surface area contributed by atoms with Gasteiger partial charge in [0.1, 0.15) is 13.2 Å². The Labute approximate surface area is 252 Å². The number of phosphoric acid groups is 1. The molecule has 0 aliphatic heterocycles. The van der Waals surface area contributed by atoms with Crippen molar-refractivity contribution >= 4 is 14.0 Å². The number of likely N-dealkylation sites (N-methyl/N-ethyl adjacent to an activating group) is 1. The minimum atomic E-state index is -4.28. The summed E-state index contributed by atoms with van der Waals surface area (Å²) in [6.45, 7) is 5.40. The summed E-state index contributed by atoms with van der Waals surface area (Å²) < 4.78 is 39.0. The minimum absolute atomic E-state index is 0.0560. The molecule has 0 aromatic heterocycles. The van der Waals surface area contributed by atoms with E-state index in [9.17, 15) is 14.3 Å². The van der Waals surface area contributed by atoms with Crippen molar-refractivity contribution in [1.29, 1.82) is 0 Å². The van der Waals surface area contributed by atoms with Gasteiger partial charge in [-0.3, -0.25) is 9.05 Å². The van der Waals surface area contributed by atoms with Gasteiger partial charge in [-0.1, -0.05) is 117 Å². The van der Waals surface area contributed by atoms with Crippen LogP contribution in [0.3, 0.4) is 0 Å². The molecule has 0 fully saturated rings. The number of phosphoric ester groups is 1. The lowest BCUT2D eigenvalue weighted by atomic mass is 10.0. The topological polar surface area (TPSA) is 101 Å². The van der Waals surface area contributed by atoms with Crippen molar-refractivity contribution in [3.05, 3.63) is 0 Å². The first-order valence-electron chi connectivity index (χ1n) is 16.4. The van der Waals surface area contributed by atoms with E-state index in [0.29, 0.717) is 17.6 Å². The Morgan fingerprint density at radius 3 is 1.63 bits per heavy atom. The maximum Gasteiger partial charge on any atom is 0.508 e. The lowest BCUT2D eigenvalue weighted by molar-refractivity contribution is -0.870. The standard InChI is InChI=1S/C31H64NO8P/c1-6-8-10-11-12-13-14-15-16-17-18-19-20-21-22-23-25-36-28-30(40-31(33)37-26-9-7-2)29-39-41(34,35)38-27-24-32(3,4)5/h30H,6-29H2,1-5H3/p+1. The van der Waals surface area contributed by atoms with Gasteiger partial charge < -0.3 is 23.6 Å². The molecule has 0 heterocycles. The van der Waals surface area contributed by atoms with E-state index in [1.807, 2.05) is 28.1 Å². The zero-order valence-corrected chi connectivity index (χ0v) is 28.1. The van der Waals surface area contributed by atoms with Gasteiger partial charge in [-0.15, -0.1) is 0 Å². The summed E-state index contributed by atoms with van der Waals surface area (Å²) in [5.41, 5.74) is 0. The number of hydrogen-bond acceptors (Lipinski definition) is 7. The highest BCUT2D eigenvalue weighted by Crippen LogP contribution is 2.43. The van der Waals surface area contributed by atoms with Crippen LogP contribution >= 0.6 is 7.82 Å². The Balaban J connectivity index is 4.02. The molecule has 0 saturated heterocycles. The normalized spacial score (nSPS) is 14.1. The average molecular weight is 611 g/mol. The Morgan fingerprint density at radius 1 is 0.659 bits per heavy atom. The predicted octanol–water partition coefficient (Wildman–Crippen LogP) is 8.43. The zero-order chi connectivity index (χ0) is 30.7. The van der Waals surface area contributed by atoms with Gasteiger partial charge in [-0.05, 0) is 12.8 Å². The van der Waals surface area contributed by atoms with Gasteiger partial charge in [0.05, 0.1) is 41.0 Å². The number of hydrogen-bond donors (Lipinski definition) is 1. The molecule has 2 atom stereocenters. The number of unbranched alkanes of at least 4 members (excludes halogenated alkanes) is 16. The van der Waals surface area contributed by atoms with Crippen LogP contribution in [0.25, 0.3) is 0 Å². The molecule has 41 heavy (non-hydrogen) atoms. The maximum absolute atomic E-state index is 12.2. The molecule has 0 aliphatic carbocycles. The van der Waals surface area contributed by atoms with E-state index in [0.717, 1.165) is 25.7 Å². The van der Waals surface area contributed by atoms with E-state index in [4.69, 9.17) is 23.3 Å². The SMILES string of the molecule is CCCCCCCCCCCCCCCCCCOCC(COP(=O)(O)OCC[N+](C)(C)C)OC(=O)OCCCC. The average Bonchev–Trinajstić information content (AvgIpc) is 2.90. The number of quaternary nitrogens is 1. The third kappa shape index (κ3) is 30.6. The van der Waals surface area contributed by atoms with Crippen molar-refractivity contribution in [2.24, 2.45) is 0 Å². The largest absolute Gasteiger partial charge is 0.508 e. The number of ether oxygens (including phenoxy) is 3. The van der Waals surface area contributed by atoms with E-state index in [2.05, 4.69) is 6.92 Å². The first kappa shape index (κ1) is 40.3. The number of nitrogens with zero attached hydrogens (tertiary/aromatic N) is 1. The van der Waals surface area contributed by atoms with Gasteiger partial charge in [0.2, 0.25) is 0 Å². The lowest BCUT2D eigenvalue weighted by Crippen LogP contribution is -2.37. The molecule has 1 N–H and O–H groups in total. The molecule has 0 spiro atoms. The summed E-state index contributed by atoms with van der Waals surface area (Å²) in [6, 6.07) is 0. The molecule has 0 radical (unpaired) electrons. The third-order valence-electron chi connectivity index (χ3n) is 6.87. The number of carbonyl (C=O) groups is 1.